The number of halogens is 2. The lowest BCUT2D eigenvalue weighted by atomic mass is 9.92. The molecule has 13 nitrogen and oxygen atoms in total. The predicted octanol–water partition coefficient (Wildman–Crippen LogP) is 6.33. The number of phenolic OH excluding ortho intramolecular Hbond substituents is 1. The highest BCUT2D eigenvalue weighted by Gasteiger charge is 2.23. The van der Waals surface area contributed by atoms with Crippen molar-refractivity contribution in [2.45, 2.75) is 53.2 Å². The Morgan fingerprint density at radius 3 is 2.33 bits per heavy atom. The molecule has 5 rings (SSSR count). The normalized spacial score (nSPS) is 11.2. The van der Waals surface area contributed by atoms with Crippen molar-refractivity contribution in [2.24, 2.45) is 0 Å². The fourth-order valence-electron chi connectivity index (χ4n) is 5.45. The molecule has 0 radical (unpaired) electrons. The third-order valence-corrected chi connectivity index (χ3v) is 9.19. The van der Waals surface area contributed by atoms with Gasteiger partial charge in [0.2, 0.25) is 5.91 Å². The number of likely N-dealkylation sites (N-methyl/N-ethyl adjacent to an activating group) is 1. The number of anilines is 1. The molecule has 5 N–H and O–H groups in total. The Kier molecular flexibility index (Phi) is 12.0. The summed E-state index contributed by atoms with van der Waals surface area (Å²) in [6, 6.07) is 19.9. The first-order chi connectivity index (χ1) is 25.6. The molecule has 54 heavy (non-hydrogen) atoms. The van der Waals surface area contributed by atoms with Crippen molar-refractivity contribution in [3.05, 3.63) is 127 Å². The van der Waals surface area contributed by atoms with Crippen LogP contribution in [0.3, 0.4) is 0 Å². The average molecular weight is 775 g/mol. The van der Waals surface area contributed by atoms with Crippen LogP contribution in [0.2, 0.25) is 10.0 Å². The number of pyridine rings is 1. The van der Waals surface area contributed by atoms with Crippen molar-refractivity contribution >= 4 is 46.9 Å². The van der Waals surface area contributed by atoms with Gasteiger partial charge in [-0.05, 0) is 60.9 Å². The van der Waals surface area contributed by atoms with Crippen molar-refractivity contribution in [1.82, 2.24) is 30.3 Å². The molecule has 0 aliphatic rings. The third kappa shape index (κ3) is 9.04. The number of ether oxygens (including phenoxy) is 1. The van der Waals surface area contributed by atoms with Gasteiger partial charge in [-0.1, -0.05) is 74.3 Å². The van der Waals surface area contributed by atoms with Gasteiger partial charge in [0.15, 0.2) is 0 Å². The number of phenols is 1. The van der Waals surface area contributed by atoms with Crippen LogP contribution in [-0.2, 0) is 23.4 Å². The molecule has 15 heteroatoms. The number of carbonyl (C=O) groups is 3. The monoisotopic (exact) mass is 773 g/mol. The number of aryl methyl sites for hydroxylation is 2. The molecule has 2 aromatic heterocycles. The van der Waals surface area contributed by atoms with Crippen molar-refractivity contribution in [3.63, 3.8) is 0 Å². The quantitative estimate of drug-likeness (QED) is 0.105. The fourth-order valence-corrected chi connectivity index (χ4v) is 5.82. The first-order valence-corrected chi connectivity index (χ1v) is 17.7. The Balaban J connectivity index is 1.30. The number of aromatic hydroxyl groups is 1. The van der Waals surface area contributed by atoms with Crippen LogP contribution in [0.15, 0.2) is 77.6 Å². The Labute approximate surface area is 322 Å². The standard InChI is InChI=1S/C39H41Cl2N7O6/c1-22-11-12-24(36(51)43-20-34(50)42-6)16-29(22)47-23(2)15-31(35(41)37(47)52)54-21-26-10-8-7-9-25(26)19-44-38(53)45-33-18-32(39(3,4)5)46-48(33)27-13-14-30(49)28(40)17-27/h7-18,49H,19-21H2,1-6H3,(H,42,50)(H,43,51)(H2,44,45,53). The molecule has 3 aromatic carbocycles. The molecule has 2 heterocycles. The molecular formula is C39H41Cl2N7O6. The van der Waals surface area contributed by atoms with Gasteiger partial charge in [0.1, 0.15) is 28.9 Å². The molecule has 0 aliphatic heterocycles. The van der Waals surface area contributed by atoms with Gasteiger partial charge in [0, 0.05) is 42.4 Å². The second kappa shape index (κ2) is 16.5. The number of benzene rings is 3. The van der Waals surface area contributed by atoms with Crippen molar-refractivity contribution < 1.29 is 24.2 Å². The van der Waals surface area contributed by atoms with E-state index in [0.717, 1.165) is 22.4 Å². The maximum absolute atomic E-state index is 13.6. The summed E-state index contributed by atoms with van der Waals surface area (Å²) in [5.41, 5.74) is 3.92. The van der Waals surface area contributed by atoms with E-state index >= 15 is 0 Å². The molecular weight excluding hydrogens is 733 g/mol. The molecule has 0 unspecified atom stereocenters. The summed E-state index contributed by atoms with van der Waals surface area (Å²) in [6.07, 6.45) is 0. The maximum atomic E-state index is 13.6. The SMILES string of the molecule is CNC(=O)CNC(=O)c1ccc(C)c(-n2c(C)cc(OCc3ccccc3CNC(=O)Nc3cc(C(C)(C)C)nn3-c3ccc(O)c(Cl)c3)c(Cl)c2=O)c1. The Morgan fingerprint density at radius 1 is 0.926 bits per heavy atom. The molecule has 5 aromatic rings. The molecule has 0 atom stereocenters. The predicted molar refractivity (Wildman–Crippen MR) is 208 cm³/mol. The summed E-state index contributed by atoms with van der Waals surface area (Å²) in [7, 11) is 1.47. The van der Waals surface area contributed by atoms with Gasteiger partial charge < -0.3 is 25.8 Å². The topological polar surface area (TPSA) is 169 Å². The lowest BCUT2D eigenvalue weighted by Crippen LogP contribution is -2.35. The van der Waals surface area contributed by atoms with Gasteiger partial charge in [-0.25, -0.2) is 9.48 Å². The zero-order valence-electron chi connectivity index (χ0n) is 30.6. The lowest BCUT2D eigenvalue weighted by Gasteiger charge is -2.18. The summed E-state index contributed by atoms with van der Waals surface area (Å²) in [4.78, 5) is 51.2. The van der Waals surface area contributed by atoms with Gasteiger partial charge in [0.05, 0.1) is 28.6 Å². The van der Waals surface area contributed by atoms with E-state index < -0.39 is 17.5 Å². The fraction of sp³-hybridized carbons (Fsp3) is 0.256. The van der Waals surface area contributed by atoms with E-state index in [4.69, 9.17) is 27.9 Å². The number of amides is 4. The lowest BCUT2D eigenvalue weighted by molar-refractivity contribution is -0.119. The largest absolute Gasteiger partial charge is 0.506 e. The second-order valence-corrected chi connectivity index (χ2v) is 14.3. The summed E-state index contributed by atoms with van der Waals surface area (Å²) in [5.74, 6) is -0.307. The molecule has 0 bridgehead atoms. The Morgan fingerprint density at radius 2 is 1.65 bits per heavy atom. The summed E-state index contributed by atoms with van der Waals surface area (Å²) in [5, 5.41) is 25.3. The van der Waals surface area contributed by atoms with E-state index in [0.29, 0.717) is 22.9 Å². The van der Waals surface area contributed by atoms with E-state index in [1.165, 1.54) is 17.7 Å². The van der Waals surface area contributed by atoms with Gasteiger partial charge >= 0.3 is 6.03 Å². The number of carbonyl (C=O) groups excluding carboxylic acids is 3. The van der Waals surface area contributed by atoms with Gasteiger partial charge in [-0.2, -0.15) is 5.10 Å². The van der Waals surface area contributed by atoms with Crippen LogP contribution in [0.1, 0.15) is 59.2 Å². The third-order valence-electron chi connectivity index (χ3n) is 8.54. The molecule has 0 fully saturated rings. The van der Waals surface area contributed by atoms with E-state index in [9.17, 15) is 24.3 Å². The van der Waals surface area contributed by atoms with Crippen molar-refractivity contribution in [2.75, 3.05) is 18.9 Å². The van der Waals surface area contributed by atoms with E-state index in [1.54, 1.807) is 61.0 Å². The number of urea groups is 1. The van der Waals surface area contributed by atoms with E-state index in [2.05, 4.69) is 26.4 Å². The number of aromatic nitrogens is 3. The first-order valence-electron chi connectivity index (χ1n) is 16.9. The summed E-state index contributed by atoms with van der Waals surface area (Å²) < 4.78 is 9.04. The first kappa shape index (κ1) is 39.4. The highest BCUT2D eigenvalue weighted by molar-refractivity contribution is 6.32. The minimum Gasteiger partial charge on any atom is -0.506 e. The van der Waals surface area contributed by atoms with Crippen LogP contribution >= 0.6 is 23.2 Å². The van der Waals surface area contributed by atoms with E-state index in [1.807, 2.05) is 45.0 Å². The van der Waals surface area contributed by atoms with Crippen molar-refractivity contribution in [3.8, 4) is 22.9 Å². The highest BCUT2D eigenvalue weighted by Crippen LogP contribution is 2.30. The van der Waals surface area contributed by atoms with Crippen LogP contribution in [0.4, 0.5) is 10.6 Å². The maximum Gasteiger partial charge on any atom is 0.320 e. The van der Waals surface area contributed by atoms with Gasteiger partial charge in [-0.3, -0.25) is 24.3 Å². The molecule has 282 valence electrons. The number of rotatable bonds is 11. The number of hydrogen-bond donors (Lipinski definition) is 5. The highest BCUT2D eigenvalue weighted by atomic mass is 35.5. The van der Waals surface area contributed by atoms with Crippen LogP contribution in [0, 0.1) is 13.8 Å². The second-order valence-electron chi connectivity index (χ2n) is 13.5. The molecule has 4 amide bonds. The summed E-state index contributed by atoms with van der Waals surface area (Å²) >= 11 is 12.8. The zero-order chi connectivity index (χ0) is 39.3. The van der Waals surface area contributed by atoms with Gasteiger partial charge in [0.25, 0.3) is 11.5 Å². The van der Waals surface area contributed by atoms with Crippen LogP contribution < -0.4 is 31.6 Å². The van der Waals surface area contributed by atoms with Crippen LogP contribution in [0.5, 0.6) is 11.5 Å². The molecule has 0 saturated heterocycles. The Hall–Kier alpha value is -5.79. The molecule has 0 saturated carbocycles. The Bertz CT molecular complexity index is 2290. The number of nitrogens with one attached hydrogen (secondary N) is 4. The minimum absolute atomic E-state index is 0.0471. The smallest absolute Gasteiger partial charge is 0.320 e. The van der Waals surface area contributed by atoms with Crippen LogP contribution in [0.25, 0.3) is 11.4 Å². The minimum atomic E-state index is -0.534. The molecule has 0 spiro atoms. The van der Waals surface area contributed by atoms with Crippen molar-refractivity contribution in [1.29, 1.82) is 0 Å². The van der Waals surface area contributed by atoms with Gasteiger partial charge in [-0.15, -0.1) is 0 Å². The zero-order valence-corrected chi connectivity index (χ0v) is 32.1. The average Bonchev–Trinajstić information content (AvgIpc) is 3.57. The molecule has 0 aliphatic carbocycles. The summed E-state index contributed by atoms with van der Waals surface area (Å²) in [6.45, 7) is 9.56. The number of nitrogens with zero attached hydrogens (tertiary/aromatic N) is 3. The van der Waals surface area contributed by atoms with E-state index in [-0.39, 0.29) is 58.1 Å². The number of hydrogen-bond acceptors (Lipinski definition) is 7. The van der Waals surface area contributed by atoms with Crippen LogP contribution in [-0.4, -0.2) is 50.9 Å².